The fourth-order valence-electron chi connectivity index (χ4n) is 3.20. The van der Waals surface area contributed by atoms with Crippen molar-refractivity contribution in [2.75, 3.05) is 0 Å². The van der Waals surface area contributed by atoms with E-state index in [1.165, 1.54) is 0 Å². The summed E-state index contributed by atoms with van der Waals surface area (Å²) in [5.41, 5.74) is 3.36. The van der Waals surface area contributed by atoms with Crippen LogP contribution in [0.4, 0.5) is 0 Å². The Hall–Kier alpha value is -2.18. The molecule has 0 amide bonds. The van der Waals surface area contributed by atoms with Gasteiger partial charge in [0, 0.05) is 20.1 Å². The average molecular weight is 488 g/mol. The smallest absolute Gasteiger partial charge is 0.124 e. The second-order valence-electron chi connectivity index (χ2n) is 6.55. The van der Waals surface area contributed by atoms with E-state index in [0.717, 1.165) is 20.4 Å². The molecule has 0 aromatic heterocycles. The van der Waals surface area contributed by atoms with E-state index >= 15 is 0 Å². The van der Waals surface area contributed by atoms with Crippen LogP contribution in [0.1, 0.15) is 24.1 Å². The number of allylic oxidation sites excluding steroid dienone is 3. The number of hydrogen-bond donors (Lipinski definition) is 2. The lowest BCUT2D eigenvalue weighted by atomic mass is 9.92. The number of rotatable bonds is 2. The summed E-state index contributed by atoms with van der Waals surface area (Å²) in [4.78, 5) is 9.71. The normalized spacial score (nSPS) is 21.2. The van der Waals surface area contributed by atoms with Gasteiger partial charge in [0.2, 0.25) is 0 Å². The first-order valence-corrected chi connectivity index (χ1v) is 10.0. The van der Waals surface area contributed by atoms with Crippen LogP contribution in [0.15, 0.2) is 79.3 Å². The van der Waals surface area contributed by atoms with Gasteiger partial charge in [-0.3, -0.25) is 4.99 Å². The second kappa shape index (κ2) is 7.09. The SMILES string of the molecule is CC1C=CC2=NC(c3cc(Br)ccc3O)C(c3cc(Br)ccc3O)=NC2=C1. The first kappa shape index (κ1) is 18.2. The summed E-state index contributed by atoms with van der Waals surface area (Å²) in [6.07, 6.45) is 6.07. The minimum absolute atomic E-state index is 0.120. The van der Waals surface area contributed by atoms with Gasteiger partial charge in [-0.15, -0.1) is 0 Å². The maximum atomic E-state index is 10.5. The van der Waals surface area contributed by atoms with Crippen LogP contribution < -0.4 is 0 Å². The van der Waals surface area contributed by atoms with Crippen molar-refractivity contribution in [2.45, 2.75) is 13.0 Å². The molecule has 2 atom stereocenters. The van der Waals surface area contributed by atoms with Crippen LogP contribution in [-0.2, 0) is 0 Å². The molecule has 2 aliphatic rings. The maximum absolute atomic E-state index is 10.5. The van der Waals surface area contributed by atoms with Gasteiger partial charge in [0.05, 0.1) is 17.1 Å². The van der Waals surface area contributed by atoms with Crippen molar-refractivity contribution in [3.05, 3.63) is 80.4 Å². The molecule has 2 unspecified atom stereocenters. The zero-order valence-electron chi connectivity index (χ0n) is 14.4. The molecule has 0 radical (unpaired) electrons. The largest absolute Gasteiger partial charge is 0.508 e. The van der Waals surface area contributed by atoms with Gasteiger partial charge in [-0.2, -0.15) is 0 Å². The molecule has 2 aromatic rings. The Balaban J connectivity index is 1.94. The van der Waals surface area contributed by atoms with Crippen LogP contribution in [0.5, 0.6) is 11.5 Å². The molecule has 1 heterocycles. The van der Waals surface area contributed by atoms with E-state index in [9.17, 15) is 10.2 Å². The van der Waals surface area contributed by atoms with E-state index in [4.69, 9.17) is 9.98 Å². The van der Waals surface area contributed by atoms with Crippen LogP contribution in [-0.4, -0.2) is 21.6 Å². The van der Waals surface area contributed by atoms with Crippen molar-refractivity contribution in [3.63, 3.8) is 0 Å². The Morgan fingerprint density at radius 1 is 0.963 bits per heavy atom. The minimum Gasteiger partial charge on any atom is -0.508 e. The van der Waals surface area contributed by atoms with Crippen molar-refractivity contribution in [1.82, 2.24) is 0 Å². The van der Waals surface area contributed by atoms with Crippen LogP contribution in [0.25, 0.3) is 0 Å². The van der Waals surface area contributed by atoms with E-state index in [0.29, 0.717) is 16.8 Å². The monoisotopic (exact) mass is 486 g/mol. The predicted octanol–water partition coefficient (Wildman–Crippen LogP) is 5.70. The number of hydrogen-bond acceptors (Lipinski definition) is 4. The second-order valence-corrected chi connectivity index (χ2v) is 8.38. The number of nitrogens with zero attached hydrogens (tertiary/aromatic N) is 2. The highest BCUT2D eigenvalue weighted by Crippen LogP contribution is 2.38. The Labute approximate surface area is 173 Å². The molecule has 27 heavy (non-hydrogen) atoms. The number of benzene rings is 2. The first-order valence-electron chi connectivity index (χ1n) is 8.46. The van der Waals surface area contributed by atoms with Crippen molar-refractivity contribution in [1.29, 1.82) is 0 Å². The molecule has 2 aromatic carbocycles. The van der Waals surface area contributed by atoms with Crippen molar-refractivity contribution in [3.8, 4) is 11.5 Å². The molecule has 4 rings (SSSR count). The molecular formula is C21H16Br2N2O2. The number of phenolic OH excluding ortho intramolecular Hbond substituents is 2. The molecule has 0 saturated heterocycles. The summed E-state index contributed by atoms with van der Waals surface area (Å²) < 4.78 is 1.67. The Bertz CT molecular complexity index is 1050. The van der Waals surface area contributed by atoms with E-state index in [2.05, 4.69) is 44.9 Å². The highest BCUT2D eigenvalue weighted by atomic mass is 79.9. The molecule has 0 saturated carbocycles. The number of phenols is 2. The zero-order valence-corrected chi connectivity index (χ0v) is 17.6. The summed E-state index contributed by atoms with van der Waals surface area (Å²) in [6.45, 7) is 2.08. The van der Waals surface area contributed by atoms with E-state index in [1.807, 2.05) is 24.3 Å². The molecule has 6 heteroatoms. The number of aliphatic imine (C=N–C) groups is 2. The van der Waals surface area contributed by atoms with Gasteiger partial charge < -0.3 is 10.2 Å². The summed E-state index contributed by atoms with van der Waals surface area (Å²) in [7, 11) is 0. The summed E-state index contributed by atoms with van der Waals surface area (Å²) in [6, 6.07) is 9.91. The van der Waals surface area contributed by atoms with E-state index in [1.54, 1.807) is 24.3 Å². The molecule has 4 nitrogen and oxygen atoms in total. The van der Waals surface area contributed by atoms with Gasteiger partial charge in [0.25, 0.3) is 0 Å². The lowest BCUT2D eigenvalue weighted by Gasteiger charge is -2.26. The molecule has 0 bridgehead atoms. The van der Waals surface area contributed by atoms with Gasteiger partial charge in [-0.05, 0) is 54.5 Å². The minimum atomic E-state index is -0.534. The Kier molecular flexibility index (Phi) is 4.78. The topological polar surface area (TPSA) is 65.2 Å². The van der Waals surface area contributed by atoms with Gasteiger partial charge in [0.15, 0.2) is 0 Å². The lowest BCUT2D eigenvalue weighted by molar-refractivity contribution is 0.465. The lowest BCUT2D eigenvalue weighted by Crippen LogP contribution is -2.22. The van der Waals surface area contributed by atoms with Crippen LogP contribution in [0.3, 0.4) is 0 Å². The maximum Gasteiger partial charge on any atom is 0.124 e. The Morgan fingerprint density at radius 2 is 1.67 bits per heavy atom. The molecule has 0 fully saturated rings. The van der Waals surface area contributed by atoms with E-state index in [-0.39, 0.29) is 17.4 Å². The van der Waals surface area contributed by atoms with Gasteiger partial charge in [-0.1, -0.05) is 44.9 Å². The third-order valence-corrected chi connectivity index (χ3v) is 5.51. The van der Waals surface area contributed by atoms with Crippen molar-refractivity contribution in [2.24, 2.45) is 15.9 Å². The number of fused-ring (bicyclic) bond motifs is 1. The molecule has 136 valence electrons. The molecule has 1 aliphatic carbocycles. The fourth-order valence-corrected chi connectivity index (χ4v) is 3.94. The molecular weight excluding hydrogens is 472 g/mol. The summed E-state index contributed by atoms with van der Waals surface area (Å²) in [5, 5.41) is 20.9. The van der Waals surface area contributed by atoms with Crippen LogP contribution in [0.2, 0.25) is 0 Å². The third-order valence-electron chi connectivity index (χ3n) is 4.53. The van der Waals surface area contributed by atoms with Gasteiger partial charge in [0.1, 0.15) is 17.5 Å². The Morgan fingerprint density at radius 3 is 2.44 bits per heavy atom. The predicted molar refractivity (Wildman–Crippen MR) is 115 cm³/mol. The fraction of sp³-hybridized carbons (Fsp3) is 0.143. The van der Waals surface area contributed by atoms with Crippen molar-refractivity contribution < 1.29 is 10.2 Å². The van der Waals surface area contributed by atoms with Gasteiger partial charge in [-0.25, -0.2) is 4.99 Å². The average Bonchev–Trinajstić information content (AvgIpc) is 2.64. The number of aromatic hydroxyl groups is 2. The molecule has 1 aliphatic heterocycles. The van der Waals surface area contributed by atoms with Gasteiger partial charge >= 0.3 is 0 Å². The van der Waals surface area contributed by atoms with Crippen LogP contribution >= 0.6 is 31.9 Å². The summed E-state index contributed by atoms with van der Waals surface area (Å²) >= 11 is 6.92. The highest BCUT2D eigenvalue weighted by molar-refractivity contribution is 9.10. The first-order chi connectivity index (χ1) is 12.9. The highest BCUT2D eigenvalue weighted by Gasteiger charge is 2.30. The van der Waals surface area contributed by atoms with Crippen LogP contribution in [0, 0.1) is 5.92 Å². The number of halogens is 2. The summed E-state index contributed by atoms with van der Waals surface area (Å²) in [5.74, 6) is 0.515. The third kappa shape index (κ3) is 3.51. The molecule has 0 spiro atoms. The quantitative estimate of drug-likeness (QED) is 0.570. The molecule has 2 N–H and O–H groups in total. The van der Waals surface area contributed by atoms with Crippen molar-refractivity contribution >= 4 is 43.3 Å². The standard InChI is InChI=1S/C21H16Br2N2O2/c1-11-2-5-16-17(8-11)25-21(15-10-13(23)4-7-19(15)27)20(24-16)14-9-12(22)3-6-18(14)26/h2-11,20,26-27H,1H3. The zero-order chi connectivity index (χ0) is 19.1. The van der Waals surface area contributed by atoms with E-state index < -0.39 is 6.04 Å².